The first-order valence-electron chi connectivity index (χ1n) is 60.7. The van der Waals surface area contributed by atoms with E-state index in [0.29, 0.717) is 44.5 Å². The van der Waals surface area contributed by atoms with Crippen LogP contribution in [0.5, 0.6) is 0 Å². The van der Waals surface area contributed by atoms with Gasteiger partial charge in [-0.05, 0) is 205 Å². The topological polar surface area (TPSA) is 13.1 Å². The molecule has 0 unspecified atom stereocenters. The summed E-state index contributed by atoms with van der Waals surface area (Å²) in [5.41, 5.74) is 0.0644. The zero-order valence-electron chi connectivity index (χ0n) is 108. The molecule has 0 aliphatic heterocycles. The molecule has 1 nitrogen and oxygen atoms in total. The highest BCUT2D eigenvalue weighted by Crippen LogP contribution is 2.53. The van der Waals surface area contributed by atoms with Gasteiger partial charge >= 0.3 is 0 Å². The van der Waals surface area contributed by atoms with Crippen LogP contribution in [0.3, 0.4) is 0 Å². The molecule has 123 heavy (non-hydrogen) atoms. The first-order chi connectivity index (χ1) is 79.4. The molecule has 0 N–H and O–H groups in total. The first-order valence-corrected chi connectivity index (χ1v) is 40.3. The second-order valence-corrected chi connectivity index (χ2v) is 30.9. The minimum absolute atomic E-state index is 0.217. The summed E-state index contributed by atoms with van der Waals surface area (Å²) < 4.78 is 405. The van der Waals surface area contributed by atoms with Crippen molar-refractivity contribution < 1.29 is 64.7 Å². The van der Waals surface area contributed by atoms with Crippen molar-refractivity contribution in [2.45, 2.75) is 0 Å². The summed E-state index contributed by atoms with van der Waals surface area (Å²) >= 11 is 3.10. The van der Waals surface area contributed by atoms with Crippen LogP contribution in [0.15, 0.2) is 452 Å². The lowest BCUT2D eigenvalue weighted by molar-refractivity contribution is 0.669. The molecule has 3 aromatic heterocycles. The van der Waals surface area contributed by atoms with E-state index in [-0.39, 0.29) is 96.8 Å². The van der Waals surface area contributed by atoms with Gasteiger partial charge in [0.25, 0.3) is 0 Å². The van der Waals surface area contributed by atoms with E-state index in [4.69, 9.17) is 38.7 Å². The molecule has 0 aliphatic rings. The quantitative estimate of drug-likeness (QED) is 0.138. The lowest BCUT2D eigenvalue weighted by atomic mass is 9.85. The molecule has 26 rings (SSSR count). The van der Waals surface area contributed by atoms with Gasteiger partial charge in [-0.1, -0.05) is 418 Å². The van der Waals surface area contributed by atoms with Crippen molar-refractivity contribution in [3.63, 3.8) is 0 Å². The Hall–Kier alpha value is -15.4. The van der Waals surface area contributed by atoms with Crippen LogP contribution >= 0.6 is 22.7 Å². The number of rotatable bonds is 8. The summed E-state index contributed by atoms with van der Waals surface area (Å²) in [5, 5.41) is 2.04. The highest BCUT2D eigenvalue weighted by molar-refractivity contribution is 7.26. The standard InChI is InChI=1S/C46H28O.C38H24S.C36H22S/c1-2-13-31(14-3-1)43-36-18-8-10-20-38(36)44(39-21-11-9-19-37(39)43)32-24-22-30(23-25-32)40-28-42-46(35-17-7-6-16-34(35)40)45-33-15-5-4-12-29(33)26-27-41(45)47-42;1-2-11-25(12-3-1)26-21-23-27(24-22-26)36-29-14-4-6-16-31(29)37(32-17-7-5-15-30(32)36)34-19-10-18-33-28-13-8-9-20-35(28)39-38(33)34;1-2-11-24-22-25(21-20-23(24)10-1)34-27-13-3-5-15-29(27)35(30-16-6-4-14-28(30)34)32-18-9-17-31-26-12-7-8-19-33(26)37-36(31)32/h1-28H;1-24H;1-22H/i1D,2D,3D,4D,5D,6D,7D,8D,9D,10D,11D,12D,13D,14D,15D,16D,17D,18D,19D,20D,21D,22D,23D,24D,25D,26D,27D,28D;4D,5D,6D,7D,14D,15D,16D,17D;3D,4D,5D,6D,13D,14D,15D,16D. The Morgan fingerprint density at radius 1 is 0.187 bits per heavy atom. The van der Waals surface area contributed by atoms with Crippen LogP contribution in [0, 0.1) is 0 Å². The lowest BCUT2D eigenvalue weighted by Crippen LogP contribution is -1.91. The normalized spacial score (nSPS) is 16.7. The number of furan rings is 1. The van der Waals surface area contributed by atoms with Gasteiger partial charge in [0.15, 0.2) is 0 Å². The second-order valence-electron chi connectivity index (χ2n) is 28.8. The fourth-order valence-corrected chi connectivity index (χ4v) is 19.4. The van der Waals surface area contributed by atoms with Crippen LogP contribution < -0.4 is 0 Å². The van der Waals surface area contributed by atoms with E-state index in [0.717, 1.165) is 62.2 Å². The van der Waals surface area contributed by atoms with E-state index in [2.05, 4.69) is 0 Å². The Balaban J connectivity index is 0.000000136. The number of fused-ring (bicyclic) bond motifs is 20. The molecule has 0 radical (unpaired) electrons. The van der Waals surface area contributed by atoms with E-state index < -0.39 is 311 Å². The maximum Gasteiger partial charge on any atom is 0.136 e. The third-order valence-corrected chi connectivity index (χ3v) is 24.7. The van der Waals surface area contributed by atoms with Crippen LogP contribution in [0.4, 0.5) is 0 Å². The maximum atomic E-state index is 9.70. The van der Waals surface area contributed by atoms with Crippen LogP contribution in [0.2, 0.25) is 0 Å². The predicted octanol–water partition coefficient (Wildman–Crippen LogP) is 35.4. The van der Waals surface area contributed by atoms with Crippen molar-refractivity contribution in [2.24, 2.45) is 0 Å². The van der Waals surface area contributed by atoms with Crippen molar-refractivity contribution in [3.8, 4) is 89.0 Å². The summed E-state index contributed by atoms with van der Waals surface area (Å²) in [5.74, 6) is 0. The molecule has 3 heterocycles. The average molecular weight is 1640 g/mol. The molecule has 0 saturated carbocycles. The van der Waals surface area contributed by atoms with Crippen LogP contribution in [0.1, 0.15) is 60.3 Å². The van der Waals surface area contributed by atoms with E-state index in [9.17, 15) is 26.0 Å². The predicted molar refractivity (Wildman–Crippen MR) is 533 cm³/mol. The smallest absolute Gasteiger partial charge is 0.136 e. The Bertz CT molecular complexity index is 11300. The van der Waals surface area contributed by atoms with Crippen LogP contribution in [0.25, 0.3) is 248 Å². The van der Waals surface area contributed by atoms with Crippen molar-refractivity contribution >= 4 is 182 Å². The van der Waals surface area contributed by atoms with Crippen molar-refractivity contribution in [2.75, 3.05) is 0 Å². The van der Waals surface area contributed by atoms with Crippen molar-refractivity contribution in [3.05, 3.63) is 448 Å². The fourth-order valence-electron chi connectivity index (χ4n) is 17.0. The van der Waals surface area contributed by atoms with Crippen molar-refractivity contribution in [1.29, 1.82) is 0 Å². The molecule has 0 fully saturated rings. The van der Waals surface area contributed by atoms with E-state index in [1.807, 2.05) is 182 Å². The monoisotopic (exact) mass is 1640 g/mol. The van der Waals surface area contributed by atoms with Gasteiger partial charge < -0.3 is 4.42 Å². The molecule has 23 aromatic carbocycles. The van der Waals surface area contributed by atoms with Crippen LogP contribution in [-0.2, 0) is 0 Å². The van der Waals surface area contributed by atoms with Gasteiger partial charge in [0.1, 0.15) is 11.2 Å². The zero-order chi connectivity index (χ0) is 119. The summed E-state index contributed by atoms with van der Waals surface area (Å²) in [6.07, 6.45) is 0. The van der Waals surface area contributed by atoms with Gasteiger partial charge in [-0.3, -0.25) is 0 Å². The highest BCUT2D eigenvalue weighted by atomic mass is 32.1. The maximum absolute atomic E-state index is 9.70. The Morgan fingerprint density at radius 2 is 0.553 bits per heavy atom. The molecule has 0 bridgehead atoms. The molecule has 3 heteroatoms. The summed E-state index contributed by atoms with van der Waals surface area (Å²) in [6, 6.07) is 27.3. The lowest BCUT2D eigenvalue weighted by Gasteiger charge is -2.18. The summed E-state index contributed by atoms with van der Waals surface area (Å²) in [6.45, 7) is 0. The first kappa shape index (κ1) is 40.1. The number of benzene rings is 23. The van der Waals surface area contributed by atoms with Crippen LogP contribution in [-0.4, -0.2) is 0 Å². The minimum atomic E-state index is -1.11. The molecule has 0 amide bonds. The number of hydrogen-bond donors (Lipinski definition) is 0. The third-order valence-electron chi connectivity index (χ3n) is 22.2. The average Bonchev–Trinajstić information content (AvgIpc) is 1.67. The number of thiophene rings is 2. The third kappa shape index (κ3) is 12.0. The molecule has 0 spiro atoms. The van der Waals surface area contributed by atoms with Gasteiger partial charge in [0, 0.05) is 62.2 Å². The van der Waals surface area contributed by atoms with E-state index >= 15 is 0 Å². The SMILES string of the molecule is [2H]c1c([2H])c([2H])c(-c2c3c([2H])c([2H])c([2H])c([2H])c3c(-c3c([2H])c([2H])c(-c4c([2H])c5oc6c([2H])c([2H])c7c([2H])c([2H])c([2H])c([2H])c7c6c5c5c([2H])c([2H])c([2H])c([2H])c45)c([2H])c3[2H])c3c([2H])c([2H])c([2H])c([2H])c23)c([2H])c1[2H].[2H]c1c([2H])c([2H])c2c(-c3cccc4c3sc3ccccc34)c3c([2H])c([2H])c([2H])c([2H])c3c(-c3ccc(-c4ccccc4)cc3)c2c1[2H].[2H]c1c([2H])c([2H])c2c(-c3cccc4c3sc3ccccc34)c3c([2H])c([2H])c([2H])c([2H])c3c(-c3ccc4ccccc4c3)c2c1[2H]. The zero-order valence-corrected chi connectivity index (χ0v) is 65.2. The molecule has 0 aliphatic carbocycles. The Labute approximate surface area is 780 Å². The molecule has 572 valence electrons. The largest absolute Gasteiger partial charge is 0.456 e. The molecular formula is C120H74OS2. The molecule has 0 saturated heterocycles. The van der Waals surface area contributed by atoms with Crippen molar-refractivity contribution in [1.82, 2.24) is 0 Å². The van der Waals surface area contributed by atoms with E-state index in [1.54, 1.807) is 22.7 Å². The minimum Gasteiger partial charge on any atom is -0.456 e. The number of hydrogen-bond acceptors (Lipinski definition) is 3. The molecule has 0 atom stereocenters. The Kier molecular flexibility index (Phi) is 9.74. The Morgan fingerprint density at radius 3 is 1.07 bits per heavy atom. The molecular weight excluding hydrogens is 1520 g/mol. The summed E-state index contributed by atoms with van der Waals surface area (Å²) in [7, 11) is 0. The van der Waals surface area contributed by atoms with Gasteiger partial charge in [-0.2, -0.15) is 0 Å². The fraction of sp³-hybridized carbons (Fsp3) is 0. The van der Waals surface area contributed by atoms with E-state index in [1.165, 1.54) is 0 Å². The van der Waals surface area contributed by atoms with Gasteiger partial charge in [-0.25, -0.2) is 0 Å². The second kappa shape index (κ2) is 29.9. The highest BCUT2D eigenvalue weighted by Gasteiger charge is 2.25. The summed E-state index contributed by atoms with van der Waals surface area (Å²) in [4.78, 5) is 0. The van der Waals surface area contributed by atoms with Gasteiger partial charge in [0.05, 0.1) is 60.3 Å². The molecule has 26 aromatic rings. The van der Waals surface area contributed by atoms with Gasteiger partial charge in [-0.15, -0.1) is 22.7 Å². The van der Waals surface area contributed by atoms with Gasteiger partial charge in [0.2, 0.25) is 0 Å².